The average Bonchev–Trinajstić information content (AvgIpc) is 3.13. The number of nitrogens with zero attached hydrogens (tertiary/aromatic N) is 3. The Kier molecular flexibility index (Phi) is 5.76. The predicted octanol–water partition coefficient (Wildman–Crippen LogP) is 4.20. The summed E-state index contributed by atoms with van der Waals surface area (Å²) in [5.74, 6) is 5.88. The first kappa shape index (κ1) is 19.7. The van der Waals surface area contributed by atoms with Gasteiger partial charge in [-0.15, -0.1) is 10.2 Å². The number of anilines is 1. The number of hydrogen-bond acceptors (Lipinski definition) is 5. The number of halogens is 1. The fraction of sp³-hybridized carbons (Fsp3) is 0.0455. The quantitative estimate of drug-likeness (QED) is 0.361. The van der Waals surface area contributed by atoms with Crippen molar-refractivity contribution in [1.29, 1.82) is 0 Å². The molecule has 3 N–H and O–H groups in total. The maximum atomic E-state index is 13.5. The van der Waals surface area contributed by atoms with Crippen LogP contribution in [0.5, 0.6) is 0 Å². The predicted molar refractivity (Wildman–Crippen MR) is 117 cm³/mol. The van der Waals surface area contributed by atoms with Gasteiger partial charge in [0.15, 0.2) is 5.82 Å². The molecule has 6 nitrogen and oxygen atoms in total. The largest absolute Gasteiger partial charge is 0.335 e. The molecule has 4 rings (SSSR count). The van der Waals surface area contributed by atoms with Gasteiger partial charge in [0, 0.05) is 16.8 Å². The number of aromatic nitrogens is 3. The van der Waals surface area contributed by atoms with E-state index in [0.29, 0.717) is 16.5 Å². The summed E-state index contributed by atoms with van der Waals surface area (Å²) in [6.45, 7) is 0. The third kappa shape index (κ3) is 4.33. The van der Waals surface area contributed by atoms with Crippen LogP contribution in [0, 0.1) is 5.82 Å². The number of nitrogens with one attached hydrogen (secondary N) is 1. The lowest BCUT2D eigenvalue weighted by Gasteiger charge is -2.11. The van der Waals surface area contributed by atoms with E-state index in [2.05, 4.69) is 15.5 Å². The first-order valence-electron chi connectivity index (χ1n) is 9.15. The van der Waals surface area contributed by atoms with E-state index in [9.17, 15) is 9.18 Å². The fourth-order valence-electron chi connectivity index (χ4n) is 2.98. The van der Waals surface area contributed by atoms with E-state index < -0.39 is 0 Å². The zero-order chi connectivity index (χ0) is 20.9. The van der Waals surface area contributed by atoms with Crippen molar-refractivity contribution < 1.29 is 9.18 Å². The lowest BCUT2D eigenvalue weighted by molar-refractivity contribution is -0.113. The topological polar surface area (TPSA) is 85.8 Å². The van der Waals surface area contributed by atoms with Crippen LogP contribution in [0.2, 0.25) is 0 Å². The molecule has 4 aromatic rings. The highest BCUT2D eigenvalue weighted by molar-refractivity contribution is 7.99. The molecule has 150 valence electrons. The minimum absolute atomic E-state index is 0.0988. The molecule has 0 unspecified atom stereocenters. The van der Waals surface area contributed by atoms with Crippen LogP contribution in [0.1, 0.15) is 0 Å². The molecule has 30 heavy (non-hydrogen) atoms. The molecule has 0 aliphatic carbocycles. The van der Waals surface area contributed by atoms with Crippen LogP contribution in [0.25, 0.3) is 22.5 Å². The van der Waals surface area contributed by atoms with Gasteiger partial charge in [0.1, 0.15) is 5.82 Å². The van der Waals surface area contributed by atoms with Crippen LogP contribution in [0.4, 0.5) is 10.1 Å². The van der Waals surface area contributed by atoms with E-state index in [1.807, 2.05) is 54.6 Å². The van der Waals surface area contributed by atoms with Crippen LogP contribution in [-0.2, 0) is 4.79 Å². The zero-order valence-corrected chi connectivity index (χ0v) is 16.6. The molecular weight excluding hydrogens is 401 g/mol. The smallest absolute Gasteiger partial charge is 0.234 e. The molecule has 0 atom stereocenters. The second-order valence-corrected chi connectivity index (χ2v) is 7.38. The molecule has 0 saturated carbocycles. The van der Waals surface area contributed by atoms with Crippen LogP contribution < -0.4 is 11.2 Å². The summed E-state index contributed by atoms with van der Waals surface area (Å²) in [5.41, 5.74) is 3.19. The first-order chi connectivity index (χ1) is 14.6. The maximum absolute atomic E-state index is 13.5. The van der Waals surface area contributed by atoms with Gasteiger partial charge in [-0.25, -0.2) is 9.07 Å². The second kappa shape index (κ2) is 8.79. The fourth-order valence-corrected chi connectivity index (χ4v) is 3.63. The number of hydrogen-bond donors (Lipinski definition) is 2. The Morgan fingerprint density at radius 3 is 2.50 bits per heavy atom. The van der Waals surface area contributed by atoms with Crippen molar-refractivity contribution in [2.75, 3.05) is 16.9 Å². The molecule has 0 bridgehead atoms. The van der Waals surface area contributed by atoms with Gasteiger partial charge in [-0.05, 0) is 23.8 Å². The van der Waals surface area contributed by atoms with Crippen molar-refractivity contribution in [3.8, 4) is 22.5 Å². The summed E-state index contributed by atoms with van der Waals surface area (Å²) in [5, 5.41) is 11.3. The minimum Gasteiger partial charge on any atom is -0.335 e. The molecule has 1 heterocycles. The van der Waals surface area contributed by atoms with E-state index >= 15 is 0 Å². The van der Waals surface area contributed by atoms with E-state index in [1.54, 1.807) is 12.1 Å². The Hall–Kier alpha value is -3.65. The molecule has 1 aromatic heterocycles. The molecule has 0 saturated heterocycles. The van der Waals surface area contributed by atoms with Gasteiger partial charge in [0.05, 0.1) is 5.75 Å². The van der Waals surface area contributed by atoms with Crippen LogP contribution in [0.3, 0.4) is 0 Å². The molecule has 0 aliphatic rings. The summed E-state index contributed by atoms with van der Waals surface area (Å²) in [4.78, 5) is 12.5. The van der Waals surface area contributed by atoms with Crippen molar-refractivity contribution in [2.45, 2.75) is 5.16 Å². The summed E-state index contributed by atoms with van der Waals surface area (Å²) < 4.78 is 14.7. The summed E-state index contributed by atoms with van der Waals surface area (Å²) in [7, 11) is 0. The lowest BCUT2D eigenvalue weighted by atomic mass is 10.0. The van der Waals surface area contributed by atoms with Gasteiger partial charge in [0.25, 0.3) is 0 Å². The summed E-state index contributed by atoms with van der Waals surface area (Å²) in [6.07, 6.45) is 0. The van der Waals surface area contributed by atoms with Crippen LogP contribution in [0.15, 0.2) is 84.0 Å². The van der Waals surface area contributed by atoms with E-state index in [1.165, 1.54) is 16.8 Å². The van der Waals surface area contributed by atoms with Crippen LogP contribution >= 0.6 is 11.8 Å². The van der Waals surface area contributed by atoms with Crippen molar-refractivity contribution in [2.24, 2.45) is 0 Å². The highest BCUT2D eigenvalue weighted by atomic mass is 32.2. The van der Waals surface area contributed by atoms with Gasteiger partial charge < -0.3 is 11.2 Å². The van der Waals surface area contributed by atoms with Gasteiger partial charge in [-0.3, -0.25) is 4.79 Å². The third-order valence-corrected chi connectivity index (χ3v) is 5.31. The first-order valence-corrected chi connectivity index (χ1v) is 10.1. The number of thioether (sulfide) groups is 1. The SMILES string of the molecule is Nn1c(SCC(=O)Nc2ccccc2-c2ccccc2)nnc1-c1cccc(F)c1. The van der Waals surface area contributed by atoms with Crippen molar-refractivity contribution in [3.63, 3.8) is 0 Å². The van der Waals surface area contributed by atoms with Crippen molar-refractivity contribution in [3.05, 3.63) is 84.7 Å². The molecular formula is C22H18FN5OS. The van der Waals surface area contributed by atoms with Gasteiger partial charge in [0.2, 0.25) is 11.1 Å². The van der Waals surface area contributed by atoms with Crippen molar-refractivity contribution in [1.82, 2.24) is 14.9 Å². The molecule has 3 aromatic carbocycles. The number of para-hydroxylation sites is 1. The van der Waals surface area contributed by atoms with Crippen LogP contribution in [-0.4, -0.2) is 26.5 Å². The standard InChI is InChI=1S/C22H18FN5OS/c23-17-10-6-9-16(13-17)21-26-27-22(28(21)24)30-14-20(29)25-19-12-5-4-11-18(19)15-7-2-1-3-8-15/h1-13H,14,24H2,(H,25,29). The normalized spacial score (nSPS) is 10.7. The van der Waals surface area contributed by atoms with Gasteiger partial charge in [-0.2, -0.15) is 0 Å². The summed E-state index contributed by atoms with van der Waals surface area (Å²) >= 11 is 1.15. The Morgan fingerprint density at radius 2 is 1.70 bits per heavy atom. The highest BCUT2D eigenvalue weighted by Gasteiger charge is 2.15. The van der Waals surface area contributed by atoms with E-state index in [0.717, 1.165) is 28.6 Å². The van der Waals surface area contributed by atoms with Gasteiger partial charge >= 0.3 is 0 Å². The maximum Gasteiger partial charge on any atom is 0.234 e. The minimum atomic E-state index is -0.388. The number of carbonyl (C=O) groups is 1. The third-order valence-electron chi connectivity index (χ3n) is 4.37. The molecule has 0 fully saturated rings. The Labute approximate surface area is 176 Å². The number of carbonyl (C=O) groups excluding carboxylic acids is 1. The number of nitrogen functional groups attached to an aromatic ring is 1. The number of rotatable bonds is 6. The molecule has 0 radical (unpaired) electrons. The molecule has 8 heteroatoms. The van der Waals surface area contributed by atoms with E-state index in [4.69, 9.17) is 5.84 Å². The zero-order valence-electron chi connectivity index (χ0n) is 15.8. The average molecular weight is 419 g/mol. The Balaban J connectivity index is 1.45. The van der Waals surface area contributed by atoms with E-state index in [-0.39, 0.29) is 17.5 Å². The summed E-state index contributed by atoms with van der Waals surface area (Å²) in [6, 6.07) is 23.4. The Morgan fingerprint density at radius 1 is 0.967 bits per heavy atom. The number of nitrogens with two attached hydrogens (primary N) is 1. The second-order valence-electron chi connectivity index (χ2n) is 6.43. The lowest BCUT2D eigenvalue weighted by Crippen LogP contribution is -2.16. The molecule has 0 aliphatic heterocycles. The molecule has 1 amide bonds. The Bertz CT molecular complexity index is 1180. The highest BCUT2D eigenvalue weighted by Crippen LogP contribution is 2.28. The van der Waals surface area contributed by atoms with Crippen molar-refractivity contribution >= 4 is 23.4 Å². The molecule has 0 spiro atoms. The monoisotopic (exact) mass is 419 g/mol. The van der Waals surface area contributed by atoms with Gasteiger partial charge in [-0.1, -0.05) is 72.4 Å². The number of amides is 1. The number of benzene rings is 3.